The van der Waals surface area contributed by atoms with E-state index < -0.39 is 0 Å². The molecule has 2 unspecified atom stereocenters. The smallest absolute Gasteiger partial charge is 0.290 e. The average Bonchev–Trinajstić information content (AvgIpc) is 3.14. The van der Waals surface area contributed by atoms with Gasteiger partial charge in [0.25, 0.3) is 5.91 Å². The molecule has 2 aromatic rings. The Kier molecular flexibility index (Phi) is 3.80. The van der Waals surface area contributed by atoms with Crippen LogP contribution in [-0.4, -0.2) is 29.9 Å². The number of amides is 1. The number of carbonyl (C=O) groups excluding carboxylic acids is 1. The van der Waals surface area contributed by atoms with Crippen LogP contribution in [0.15, 0.2) is 47.1 Å². The van der Waals surface area contributed by atoms with Gasteiger partial charge < -0.3 is 15.1 Å². The fraction of sp³-hybridized carbons (Fsp3) is 0.353. The maximum absolute atomic E-state index is 12.8. The van der Waals surface area contributed by atoms with Crippen molar-refractivity contribution >= 4 is 5.91 Å². The molecule has 0 bridgehead atoms. The quantitative estimate of drug-likeness (QED) is 0.942. The van der Waals surface area contributed by atoms with Gasteiger partial charge in [-0.25, -0.2) is 0 Å². The number of hydrogen-bond acceptors (Lipinski definition) is 3. The molecule has 0 saturated carbocycles. The number of nitrogens with zero attached hydrogens (tertiary/aromatic N) is 1. The first-order chi connectivity index (χ1) is 10.2. The summed E-state index contributed by atoms with van der Waals surface area (Å²) in [5.74, 6) is 0.770. The molecule has 1 fully saturated rings. The Bertz CT molecular complexity index is 621. The highest BCUT2D eigenvalue weighted by atomic mass is 16.3. The van der Waals surface area contributed by atoms with Gasteiger partial charge in [-0.05, 0) is 37.4 Å². The molecule has 1 aromatic carbocycles. The summed E-state index contributed by atoms with van der Waals surface area (Å²) in [7, 11) is 0. The molecule has 2 heterocycles. The Hall–Kier alpha value is -2.07. The van der Waals surface area contributed by atoms with Gasteiger partial charge in [-0.3, -0.25) is 4.79 Å². The fourth-order valence-corrected chi connectivity index (χ4v) is 3.05. The lowest BCUT2D eigenvalue weighted by atomic mass is 10.1. The molecular weight excluding hydrogens is 264 g/mol. The summed E-state index contributed by atoms with van der Waals surface area (Å²) in [6.07, 6.45) is 2.54. The van der Waals surface area contributed by atoms with E-state index in [2.05, 4.69) is 6.92 Å². The minimum atomic E-state index is -0.0395. The molecule has 110 valence electrons. The first-order valence-electron chi connectivity index (χ1n) is 7.34. The minimum Gasteiger partial charge on any atom is -0.459 e. The highest BCUT2D eigenvalue weighted by Gasteiger charge is 2.34. The van der Waals surface area contributed by atoms with Gasteiger partial charge in [0.1, 0.15) is 0 Å². The van der Waals surface area contributed by atoms with Crippen LogP contribution in [0, 0.1) is 5.92 Å². The van der Waals surface area contributed by atoms with E-state index in [1.165, 1.54) is 0 Å². The third-order valence-electron chi connectivity index (χ3n) is 4.20. The second-order valence-electron chi connectivity index (χ2n) is 5.67. The molecule has 4 heteroatoms. The zero-order chi connectivity index (χ0) is 14.8. The number of furan rings is 1. The number of likely N-dealkylation sites (tertiary alicyclic amines) is 1. The van der Waals surface area contributed by atoms with Crippen molar-refractivity contribution in [3.8, 4) is 11.1 Å². The van der Waals surface area contributed by atoms with E-state index in [1.54, 1.807) is 6.26 Å². The first kappa shape index (κ1) is 13.9. The van der Waals surface area contributed by atoms with Crippen molar-refractivity contribution in [2.45, 2.75) is 19.4 Å². The summed E-state index contributed by atoms with van der Waals surface area (Å²) in [5, 5.41) is 0. The summed E-state index contributed by atoms with van der Waals surface area (Å²) < 4.78 is 5.49. The van der Waals surface area contributed by atoms with Crippen LogP contribution >= 0.6 is 0 Å². The van der Waals surface area contributed by atoms with E-state index in [4.69, 9.17) is 10.2 Å². The predicted octanol–water partition coefficient (Wildman–Crippen LogP) is 2.76. The normalized spacial score (nSPS) is 21.7. The fourth-order valence-electron chi connectivity index (χ4n) is 3.05. The molecule has 2 atom stereocenters. The lowest BCUT2D eigenvalue weighted by Crippen LogP contribution is -2.34. The van der Waals surface area contributed by atoms with Crippen LogP contribution in [0.4, 0.5) is 0 Å². The van der Waals surface area contributed by atoms with Crippen molar-refractivity contribution < 1.29 is 9.21 Å². The molecule has 4 nitrogen and oxygen atoms in total. The highest BCUT2D eigenvalue weighted by Crippen LogP contribution is 2.29. The van der Waals surface area contributed by atoms with E-state index in [0.29, 0.717) is 24.8 Å². The van der Waals surface area contributed by atoms with Gasteiger partial charge >= 0.3 is 0 Å². The van der Waals surface area contributed by atoms with Crippen molar-refractivity contribution in [2.75, 3.05) is 13.1 Å². The number of rotatable bonds is 3. The van der Waals surface area contributed by atoms with Crippen LogP contribution in [0.5, 0.6) is 0 Å². The van der Waals surface area contributed by atoms with Gasteiger partial charge in [-0.2, -0.15) is 0 Å². The average molecular weight is 284 g/mol. The van der Waals surface area contributed by atoms with Gasteiger partial charge in [0, 0.05) is 18.2 Å². The lowest BCUT2D eigenvalue weighted by Gasteiger charge is -2.20. The molecule has 1 aliphatic heterocycles. The summed E-state index contributed by atoms with van der Waals surface area (Å²) in [4.78, 5) is 14.6. The molecule has 3 rings (SSSR count). The zero-order valence-electron chi connectivity index (χ0n) is 12.2. The maximum Gasteiger partial charge on any atom is 0.290 e. The molecule has 1 aromatic heterocycles. The van der Waals surface area contributed by atoms with Crippen LogP contribution in [-0.2, 0) is 0 Å². The van der Waals surface area contributed by atoms with Crippen molar-refractivity contribution in [3.63, 3.8) is 0 Å². The number of carbonyl (C=O) groups is 1. The van der Waals surface area contributed by atoms with Crippen LogP contribution in [0.1, 0.15) is 23.9 Å². The van der Waals surface area contributed by atoms with E-state index in [9.17, 15) is 4.79 Å². The van der Waals surface area contributed by atoms with E-state index in [1.807, 2.05) is 41.3 Å². The Morgan fingerprint density at radius 2 is 2.10 bits per heavy atom. The molecular formula is C17H20N2O2. The Labute approximate surface area is 124 Å². The van der Waals surface area contributed by atoms with E-state index in [0.717, 1.165) is 17.5 Å². The Morgan fingerprint density at radius 3 is 2.76 bits per heavy atom. The second-order valence-corrected chi connectivity index (χ2v) is 5.67. The summed E-state index contributed by atoms with van der Waals surface area (Å²) in [5.41, 5.74) is 7.58. The number of hydrogen-bond donors (Lipinski definition) is 1. The minimum absolute atomic E-state index is 0.0395. The monoisotopic (exact) mass is 284 g/mol. The topological polar surface area (TPSA) is 59.5 Å². The van der Waals surface area contributed by atoms with Crippen molar-refractivity contribution in [3.05, 3.63) is 48.4 Å². The summed E-state index contributed by atoms with van der Waals surface area (Å²) in [6.45, 7) is 3.40. The molecule has 2 N–H and O–H groups in total. The van der Waals surface area contributed by atoms with Gasteiger partial charge in [0.15, 0.2) is 5.76 Å². The Balaban J connectivity index is 1.88. The molecule has 1 aliphatic rings. The number of nitrogens with two attached hydrogens (primary N) is 1. The SMILES string of the molecule is CC1CC(CN)CN1C(=O)c1occc1-c1ccccc1. The second kappa shape index (κ2) is 5.74. The van der Waals surface area contributed by atoms with Crippen LogP contribution in [0.25, 0.3) is 11.1 Å². The summed E-state index contributed by atoms with van der Waals surface area (Å²) in [6, 6.07) is 11.9. The van der Waals surface area contributed by atoms with Gasteiger partial charge in [-0.1, -0.05) is 30.3 Å². The molecule has 0 spiro atoms. The van der Waals surface area contributed by atoms with Crippen LogP contribution < -0.4 is 5.73 Å². The first-order valence-corrected chi connectivity index (χ1v) is 7.34. The van der Waals surface area contributed by atoms with Gasteiger partial charge in [0.2, 0.25) is 0 Å². The van der Waals surface area contributed by atoms with Crippen molar-refractivity contribution in [1.82, 2.24) is 4.90 Å². The van der Waals surface area contributed by atoms with Crippen LogP contribution in [0.3, 0.4) is 0 Å². The van der Waals surface area contributed by atoms with E-state index >= 15 is 0 Å². The zero-order valence-corrected chi connectivity index (χ0v) is 12.2. The molecule has 0 aliphatic carbocycles. The third kappa shape index (κ3) is 2.59. The van der Waals surface area contributed by atoms with Crippen LogP contribution in [0.2, 0.25) is 0 Å². The van der Waals surface area contributed by atoms with E-state index in [-0.39, 0.29) is 11.9 Å². The Morgan fingerprint density at radius 1 is 1.33 bits per heavy atom. The van der Waals surface area contributed by atoms with Crippen molar-refractivity contribution in [1.29, 1.82) is 0 Å². The molecule has 1 saturated heterocycles. The van der Waals surface area contributed by atoms with Gasteiger partial charge in [-0.15, -0.1) is 0 Å². The molecule has 0 radical (unpaired) electrons. The van der Waals surface area contributed by atoms with Crippen molar-refractivity contribution in [2.24, 2.45) is 11.7 Å². The third-order valence-corrected chi connectivity index (χ3v) is 4.20. The summed E-state index contributed by atoms with van der Waals surface area (Å²) >= 11 is 0. The molecule has 21 heavy (non-hydrogen) atoms. The maximum atomic E-state index is 12.8. The molecule has 1 amide bonds. The van der Waals surface area contributed by atoms with Gasteiger partial charge in [0.05, 0.1) is 6.26 Å². The number of benzene rings is 1. The lowest BCUT2D eigenvalue weighted by molar-refractivity contribution is 0.0712. The predicted molar refractivity (Wildman–Crippen MR) is 81.8 cm³/mol. The highest BCUT2D eigenvalue weighted by molar-refractivity contribution is 5.98. The largest absolute Gasteiger partial charge is 0.459 e. The standard InChI is InChI=1S/C17H20N2O2/c1-12-9-13(10-18)11-19(12)17(20)16-15(7-8-21-16)14-5-3-2-4-6-14/h2-8,12-13H,9-11,18H2,1H3.